The van der Waals surface area contributed by atoms with Crippen molar-refractivity contribution in [1.82, 2.24) is 9.55 Å². The minimum atomic E-state index is -0.801. The van der Waals surface area contributed by atoms with E-state index >= 15 is 0 Å². The van der Waals surface area contributed by atoms with Crippen molar-refractivity contribution >= 4 is 22.6 Å². The number of benzene rings is 2. The summed E-state index contributed by atoms with van der Waals surface area (Å²) in [7, 11) is 0. The van der Waals surface area contributed by atoms with Crippen LogP contribution < -0.4 is 5.32 Å². The second-order valence-electron chi connectivity index (χ2n) is 5.13. The summed E-state index contributed by atoms with van der Waals surface area (Å²) in [6.07, 6.45) is 0.673. The lowest BCUT2D eigenvalue weighted by Gasteiger charge is -2.10. The molecule has 1 amide bonds. The molecule has 0 saturated carbocycles. The van der Waals surface area contributed by atoms with Gasteiger partial charge >= 0.3 is 0 Å². The van der Waals surface area contributed by atoms with Gasteiger partial charge in [-0.3, -0.25) is 4.79 Å². The Bertz CT molecular complexity index is 873. The first kappa shape index (κ1) is 15.1. The number of hydrogen-bond acceptors (Lipinski definition) is 2. The van der Waals surface area contributed by atoms with E-state index in [0.717, 1.165) is 29.0 Å². The Balaban J connectivity index is 1.85. The molecule has 118 valence electrons. The molecule has 1 heterocycles. The van der Waals surface area contributed by atoms with Crippen LogP contribution in [-0.2, 0) is 17.8 Å². The Morgan fingerprint density at radius 3 is 2.74 bits per heavy atom. The van der Waals surface area contributed by atoms with Gasteiger partial charge in [-0.25, -0.2) is 13.8 Å². The molecule has 0 aliphatic carbocycles. The summed E-state index contributed by atoms with van der Waals surface area (Å²) in [4.78, 5) is 16.7. The van der Waals surface area contributed by atoms with Gasteiger partial charge in [-0.05, 0) is 24.3 Å². The first-order valence-electron chi connectivity index (χ1n) is 7.27. The normalized spacial score (nSPS) is 10.9. The van der Waals surface area contributed by atoms with Gasteiger partial charge in [0, 0.05) is 12.5 Å². The Labute approximate surface area is 131 Å². The lowest BCUT2D eigenvalue weighted by Crippen LogP contribution is -2.20. The van der Waals surface area contributed by atoms with Crippen LogP contribution >= 0.6 is 0 Å². The van der Waals surface area contributed by atoms with Crippen LogP contribution in [0.2, 0.25) is 0 Å². The van der Waals surface area contributed by atoms with Crippen LogP contribution in [-0.4, -0.2) is 15.5 Å². The molecule has 4 nitrogen and oxygen atoms in total. The lowest BCUT2D eigenvalue weighted by molar-refractivity contribution is -0.116. The highest BCUT2D eigenvalue weighted by Gasteiger charge is 2.13. The van der Waals surface area contributed by atoms with E-state index < -0.39 is 17.5 Å². The lowest BCUT2D eigenvalue weighted by atomic mass is 10.3. The van der Waals surface area contributed by atoms with Gasteiger partial charge in [0.1, 0.15) is 24.0 Å². The van der Waals surface area contributed by atoms with Crippen molar-refractivity contribution in [2.45, 2.75) is 19.9 Å². The van der Waals surface area contributed by atoms with Crippen molar-refractivity contribution in [3.8, 4) is 0 Å². The summed E-state index contributed by atoms with van der Waals surface area (Å²) in [6, 6.07) is 10.6. The molecule has 23 heavy (non-hydrogen) atoms. The fourth-order valence-corrected chi connectivity index (χ4v) is 2.50. The summed E-state index contributed by atoms with van der Waals surface area (Å²) in [5, 5.41) is 2.46. The highest BCUT2D eigenvalue weighted by atomic mass is 19.1. The van der Waals surface area contributed by atoms with Gasteiger partial charge in [0.05, 0.1) is 16.7 Å². The molecule has 0 fully saturated rings. The number of imidazole rings is 1. The monoisotopic (exact) mass is 315 g/mol. The number of carbonyl (C=O) groups excluding carboxylic acids is 1. The largest absolute Gasteiger partial charge is 0.322 e. The van der Waals surface area contributed by atoms with E-state index in [1.165, 1.54) is 6.07 Å². The van der Waals surface area contributed by atoms with Gasteiger partial charge in [-0.15, -0.1) is 0 Å². The third kappa shape index (κ3) is 3.06. The van der Waals surface area contributed by atoms with Crippen molar-refractivity contribution in [2.24, 2.45) is 0 Å². The molecular formula is C17H15F2N3O. The minimum absolute atomic E-state index is 0.0144. The number of aryl methyl sites for hydroxylation is 1. The van der Waals surface area contributed by atoms with Crippen LogP contribution in [0.15, 0.2) is 42.5 Å². The fraction of sp³-hybridized carbons (Fsp3) is 0.176. The number of amides is 1. The molecule has 2 aromatic carbocycles. The number of aromatic nitrogens is 2. The molecule has 0 spiro atoms. The maximum absolute atomic E-state index is 13.6. The van der Waals surface area contributed by atoms with E-state index in [-0.39, 0.29) is 12.2 Å². The molecule has 0 saturated heterocycles. The molecule has 0 atom stereocenters. The first-order chi connectivity index (χ1) is 11.1. The summed E-state index contributed by atoms with van der Waals surface area (Å²) in [6.45, 7) is 1.97. The van der Waals surface area contributed by atoms with Crippen LogP contribution in [0, 0.1) is 11.6 Å². The average molecular weight is 315 g/mol. The van der Waals surface area contributed by atoms with Gasteiger partial charge in [-0.1, -0.05) is 19.1 Å². The zero-order valence-electron chi connectivity index (χ0n) is 12.5. The van der Waals surface area contributed by atoms with Gasteiger partial charge in [0.25, 0.3) is 0 Å². The highest BCUT2D eigenvalue weighted by molar-refractivity contribution is 5.91. The molecule has 3 rings (SSSR count). The number of nitrogens with one attached hydrogen (secondary N) is 1. The van der Waals surface area contributed by atoms with Crippen molar-refractivity contribution in [3.63, 3.8) is 0 Å². The molecule has 3 aromatic rings. The van der Waals surface area contributed by atoms with E-state index in [2.05, 4.69) is 10.3 Å². The van der Waals surface area contributed by atoms with E-state index in [1.54, 1.807) is 4.57 Å². The quantitative estimate of drug-likeness (QED) is 0.801. The molecule has 0 radical (unpaired) electrons. The Morgan fingerprint density at radius 1 is 1.22 bits per heavy atom. The van der Waals surface area contributed by atoms with Gasteiger partial charge in [0.15, 0.2) is 0 Å². The SMILES string of the molecule is CCc1nc2ccccc2n1CC(=O)Nc1ccc(F)cc1F. The molecule has 0 aliphatic heterocycles. The minimum Gasteiger partial charge on any atom is -0.322 e. The highest BCUT2D eigenvalue weighted by Crippen LogP contribution is 2.18. The molecular weight excluding hydrogens is 300 g/mol. The van der Waals surface area contributed by atoms with Gasteiger partial charge in [0.2, 0.25) is 5.91 Å². The van der Waals surface area contributed by atoms with Crippen LogP contribution in [0.3, 0.4) is 0 Å². The van der Waals surface area contributed by atoms with Crippen LogP contribution in [0.4, 0.5) is 14.5 Å². The smallest absolute Gasteiger partial charge is 0.244 e. The molecule has 1 N–H and O–H groups in total. The Morgan fingerprint density at radius 2 is 2.00 bits per heavy atom. The zero-order valence-corrected chi connectivity index (χ0v) is 12.5. The third-order valence-electron chi connectivity index (χ3n) is 3.56. The van der Waals surface area contributed by atoms with E-state index in [4.69, 9.17) is 0 Å². The molecule has 0 unspecified atom stereocenters. The summed E-state index contributed by atoms with van der Waals surface area (Å²) in [5.41, 5.74) is 1.61. The van der Waals surface area contributed by atoms with Crippen molar-refractivity contribution in [2.75, 3.05) is 5.32 Å². The fourth-order valence-electron chi connectivity index (χ4n) is 2.50. The predicted octanol–water partition coefficient (Wildman–Crippen LogP) is 3.52. The topological polar surface area (TPSA) is 46.9 Å². The van der Waals surface area contributed by atoms with E-state index in [1.807, 2.05) is 31.2 Å². The first-order valence-corrected chi connectivity index (χ1v) is 7.27. The number of fused-ring (bicyclic) bond motifs is 1. The van der Waals surface area contributed by atoms with Crippen molar-refractivity contribution in [3.05, 3.63) is 59.9 Å². The third-order valence-corrected chi connectivity index (χ3v) is 3.56. The second kappa shape index (κ2) is 6.16. The maximum Gasteiger partial charge on any atom is 0.244 e. The number of anilines is 1. The van der Waals surface area contributed by atoms with E-state index in [0.29, 0.717) is 6.42 Å². The number of nitrogens with zero attached hydrogens (tertiary/aromatic N) is 2. The van der Waals surface area contributed by atoms with Crippen molar-refractivity contribution < 1.29 is 13.6 Å². The molecule has 1 aromatic heterocycles. The molecule has 6 heteroatoms. The van der Waals surface area contributed by atoms with E-state index in [9.17, 15) is 13.6 Å². The molecule has 0 bridgehead atoms. The number of para-hydroxylation sites is 2. The number of rotatable bonds is 4. The number of hydrogen-bond donors (Lipinski definition) is 1. The average Bonchev–Trinajstić information content (AvgIpc) is 2.88. The van der Waals surface area contributed by atoms with Gasteiger partial charge in [-0.2, -0.15) is 0 Å². The van der Waals surface area contributed by atoms with Crippen LogP contribution in [0.25, 0.3) is 11.0 Å². The summed E-state index contributed by atoms with van der Waals surface area (Å²) in [5.74, 6) is -1.10. The summed E-state index contributed by atoms with van der Waals surface area (Å²) < 4.78 is 28.3. The van der Waals surface area contributed by atoms with Crippen LogP contribution in [0.1, 0.15) is 12.7 Å². The number of halogens is 2. The zero-order chi connectivity index (χ0) is 16.4. The Hall–Kier alpha value is -2.76. The maximum atomic E-state index is 13.6. The van der Waals surface area contributed by atoms with Crippen LogP contribution in [0.5, 0.6) is 0 Å². The number of carbonyl (C=O) groups is 1. The van der Waals surface area contributed by atoms with Gasteiger partial charge < -0.3 is 9.88 Å². The summed E-state index contributed by atoms with van der Waals surface area (Å²) >= 11 is 0. The van der Waals surface area contributed by atoms with Crippen molar-refractivity contribution in [1.29, 1.82) is 0 Å². The Kier molecular flexibility index (Phi) is 4.06. The molecule has 0 aliphatic rings. The second-order valence-corrected chi connectivity index (χ2v) is 5.13. The standard InChI is InChI=1S/C17H15F2N3O/c1-2-16-20-14-5-3-4-6-15(14)22(16)10-17(23)21-13-8-7-11(18)9-12(13)19/h3-9H,2,10H2,1H3,(H,21,23). The predicted molar refractivity (Wildman–Crippen MR) is 84.1 cm³/mol.